The number of esters is 2. The van der Waals surface area contributed by atoms with E-state index in [0.717, 1.165) is 0 Å². The van der Waals surface area contributed by atoms with Crippen LogP contribution in [0.1, 0.15) is 41.0 Å². The number of ketones is 1. The highest BCUT2D eigenvalue weighted by Gasteiger charge is 2.79. The van der Waals surface area contributed by atoms with Crippen LogP contribution >= 0.6 is 0 Å². The molecule has 0 amide bonds. The number of carbonyl (C=O) groups excluding carboxylic acids is 3. The number of hydrogen-bond donors (Lipinski definition) is 0. The Hall–Kier alpha value is -1.51. The summed E-state index contributed by atoms with van der Waals surface area (Å²) in [5, 5.41) is 0. The molecule has 2 aliphatic heterocycles. The van der Waals surface area contributed by atoms with Crippen molar-refractivity contribution in [2.75, 3.05) is 20.3 Å². The van der Waals surface area contributed by atoms with Crippen LogP contribution in [0.2, 0.25) is 0 Å². The predicted octanol–water partition coefficient (Wildman–Crippen LogP) is 1.49. The van der Waals surface area contributed by atoms with Crippen molar-refractivity contribution < 1.29 is 38.1 Å². The highest BCUT2D eigenvalue weighted by molar-refractivity contribution is 5.88. The molecule has 2 heterocycles. The van der Waals surface area contributed by atoms with E-state index in [4.69, 9.17) is 23.7 Å². The highest BCUT2D eigenvalue weighted by Crippen LogP contribution is 2.69. The Balaban J connectivity index is 1.90. The zero-order chi connectivity index (χ0) is 21.4. The SMILES string of the molecule is CO[C@]1(C)OC[C@@]23[C@@H](OC(C)=O)C[C@@H](OC(C)=O)[C@@]4(C)CO[C@@H](C(=O)[C@H](C)[C@H]12)[C@@H]43. The molecule has 2 aliphatic carbocycles. The number of carbonyl (C=O) groups is 3. The van der Waals surface area contributed by atoms with E-state index in [2.05, 4.69) is 0 Å². The van der Waals surface area contributed by atoms with Gasteiger partial charge in [-0.15, -0.1) is 0 Å². The van der Waals surface area contributed by atoms with Gasteiger partial charge in [-0.25, -0.2) is 0 Å². The van der Waals surface area contributed by atoms with Gasteiger partial charge >= 0.3 is 11.9 Å². The van der Waals surface area contributed by atoms with Crippen LogP contribution in [0.3, 0.4) is 0 Å². The molecule has 0 aromatic rings. The van der Waals surface area contributed by atoms with Gasteiger partial charge in [0.2, 0.25) is 0 Å². The maximum Gasteiger partial charge on any atom is 0.302 e. The van der Waals surface area contributed by atoms with Crippen molar-refractivity contribution in [1.29, 1.82) is 0 Å². The van der Waals surface area contributed by atoms with Crippen LogP contribution in [-0.2, 0) is 38.1 Å². The van der Waals surface area contributed by atoms with Crippen molar-refractivity contribution in [3.63, 3.8) is 0 Å². The topological polar surface area (TPSA) is 97.4 Å². The van der Waals surface area contributed by atoms with E-state index in [-0.39, 0.29) is 24.2 Å². The van der Waals surface area contributed by atoms with Crippen LogP contribution < -0.4 is 0 Å². The molecule has 0 N–H and O–H groups in total. The largest absolute Gasteiger partial charge is 0.462 e. The average Bonchev–Trinajstić information content (AvgIpc) is 3.15. The first-order valence-corrected chi connectivity index (χ1v) is 10.2. The van der Waals surface area contributed by atoms with E-state index in [1.54, 1.807) is 7.11 Å². The second-order valence-electron chi connectivity index (χ2n) is 9.44. The Labute approximate surface area is 170 Å². The number of Topliss-reactive ketones (excluding diaryl/α,β-unsaturated/α-hetero) is 1. The third kappa shape index (κ3) is 2.58. The molecular formula is C21H30O8. The first kappa shape index (κ1) is 20.8. The molecule has 0 aromatic heterocycles. The monoisotopic (exact) mass is 410 g/mol. The standard InChI is InChI=1S/C21H30O8/c1-10-15(24)16-18-19(4,8-26-16)13(28-11(2)22)7-14(29-12(3)23)21(18)9-27-20(5,25-6)17(10)21/h10,13-14,16-18H,7-9H2,1-6H3/t10-,13+,14-,16-,17+,18-,19+,20+,21+/m0/s1. The lowest BCUT2D eigenvalue weighted by atomic mass is 9.43. The number of ether oxygens (including phenoxy) is 5. The van der Waals surface area contributed by atoms with Crippen LogP contribution in [0.25, 0.3) is 0 Å². The van der Waals surface area contributed by atoms with Crippen LogP contribution in [0.15, 0.2) is 0 Å². The summed E-state index contributed by atoms with van der Waals surface area (Å²) in [7, 11) is 1.57. The third-order valence-electron chi connectivity index (χ3n) is 7.93. The van der Waals surface area contributed by atoms with Gasteiger partial charge in [-0.05, 0) is 6.92 Å². The molecule has 2 saturated carbocycles. The van der Waals surface area contributed by atoms with E-state index in [9.17, 15) is 14.4 Å². The summed E-state index contributed by atoms with van der Waals surface area (Å²) in [5.41, 5.74) is -1.26. The van der Waals surface area contributed by atoms with Crippen molar-refractivity contribution in [1.82, 2.24) is 0 Å². The highest BCUT2D eigenvalue weighted by atomic mass is 16.7. The summed E-state index contributed by atoms with van der Waals surface area (Å²) in [6, 6.07) is 0. The maximum atomic E-state index is 13.3. The van der Waals surface area contributed by atoms with Crippen molar-refractivity contribution in [3.05, 3.63) is 0 Å². The fraction of sp³-hybridized carbons (Fsp3) is 0.857. The summed E-state index contributed by atoms with van der Waals surface area (Å²) < 4.78 is 29.5. The Morgan fingerprint density at radius 3 is 2.24 bits per heavy atom. The number of hydrogen-bond acceptors (Lipinski definition) is 8. The fourth-order valence-electron chi connectivity index (χ4n) is 6.90. The van der Waals surface area contributed by atoms with E-state index in [1.165, 1.54) is 13.8 Å². The molecule has 9 atom stereocenters. The van der Waals surface area contributed by atoms with E-state index in [0.29, 0.717) is 13.0 Å². The van der Waals surface area contributed by atoms with Crippen LogP contribution in [-0.4, -0.2) is 62.1 Å². The molecule has 0 radical (unpaired) electrons. The molecule has 4 rings (SSSR count). The zero-order valence-corrected chi connectivity index (χ0v) is 17.9. The summed E-state index contributed by atoms with van der Waals surface area (Å²) >= 11 is 0. The zero-order valence-electron chi connectivity index (χ0n) is 17.9. The number of rotatable bonds is 3. The van der Waals surface area contributed by atoms with Gasteiger partial charge in [0, 0.05) is 56.0 Å². The summed E-state index contributed by atoms with van der Waals surface area (Å²) in [6.07, 6.45) is -1.42. The van der Waals surface area contributed by atoms with Crippen molar-refractivity contribution in [2.45, 2.75) is 65.1 Å². The third-order valence-corrected chi connectivity index (χ3v) is 7.93. The lowest BCUT2D eigenvalue weighted by Crippen LogP contribution is -2.70. The van der Waals surface area contributed by atoms with Gasteiger partial charge in [0.15, 0.2) is 11.6 Å². The molecule has 0 aromatic carbocycles. The second-order valence-corrected chi connectivity index (χ2v) is 9.44. The molecule has 4 fully saturated rings. The quantitative estimate of drug-likeness (QED) is 0.646. The predicted molar refractivity (Wildman–Crippen MR) is 98.5 cm³/mol. The fourth-order valence-corrected chi connectivity index (χ4v) is 6.90. The molecule has 162 valence electrons. The minimum Gasteiger partial charge on any atom is -0.462 e. The van der Waals surface area contributed by atoms with Crippen molar-refractivity contribution in [3.8, 4) is 0 Å². The summed E-state index contributed by atoms with van der Waals surface area (Å²) in [6.45, 7) is 9.02. The Kier molecular flexibility index (Phi) is 4.65. The Bertz CT molecular complexity index is 751. The second kappa shape index (κ2) is 6.49. The molecule has 0 unspecified atom stereocenters. The molecule has 29 heavy (non-hydrogen) atoms. The Morgan fingerprint density at radius 1 is 1.03 bits per heavy atom. The van der Waals surface area contributed by atoms with Gasteiger partial charge < -0.3 is 23.7 Å². The maximum absolute atomic E-state index is 13.3. The first-order valence-electron chi connectivity index (χ1n) is 10.2. The smallest absolute Gasteiger partial charge is 0.302 e. The molecule has 4 aliphatic rings. The van der Waals surface area contributed by atoms with Crippen molar-refractivity contribution >= 4 is 17.7 Å². The molecule has 8 heteroatoms. The molecule has 2 saturated heterocycles. The normalized spacial score (nSPS) is 50.6. The molecule has 1 spiro atoms. The molecule has 8 nitrogen and oxygen atoms in total. The van der Waals surface area contributed by atoms with Crippen LogP contribution in [0, 0.1) is 28.6 Å². The van der Waals surface area contributed by atoms with Gasteiger partial charge in [-0.1, -0.05) is 13.8 Å². The van der Waals surface area contributed by atoms with Gasteiger partial charge in [0.05, 0.1) is 13.2 Å². The lowest BCUT2D eigenvalue weighted by Gasteiger charge is -2.60. The minimum absolute atomic E-state index is 0.00169. The lowest BCUT2D eigenvalue weighted by molar-refractivity contribution is -0.238. The summed E-state index contributed by atoms with van der Waals surface area (Å²) in [5.74, 6) is -2.85. The van der Waals surface area contributed by atoms with Crippen LogP contribution in [0.4, 0.5) is 0 Å². The Morgan fingerprint density at radius 2 is 1.66 bits per heavy atom. The molecule has 0 bridgehead atoms. The van der Waals surface area contributed by atoms with E-state index < -0.39 is 52.8 Å². The van der Waals surface area contributed by atoms with Crippen molar-refractivity contribution in [2.24, 2.45) is 28.6 Å². The van der Waals surface area contributed by atoms with Gasteiger partial charge in [0.25, 0.3) is 0 Å². The molecular weight excluding hydrogens is 380 g/mol. The van der Waals surface area contributed by atoms with Crippen LogP contribution in [0.5, 0.6) is 0 Å². The van der Waals surface area contributed by atoms with Gasteiger partial charge in [-0.3, -0.25) is 14.4 Å². The number of methoxy groups -OCH3 is 1. The summed E-state index contributed by atoms with van der Waals surface area (Å²) in [4.78, 5) is 37.2. The van der Waals surface area contributed by atoms with E-state index in [1.807, 2.05) is 20.8 Å². The average molecular weight is 410 g/mol. The van der Waals surface area contributed by atoms with E-state index >= 15 is 0 Å². The minimum atomic E-state index is -0.990. The van der Waals surface area contributed by atoms with Gasteiger partial charge in [0.1, 0.15) is 18.3 Å². The van der Waals surface area contributed by atoms with Gasteiger partial charge in [-0.2, -0.15) is 0 Å². The first-order chi connectivity index (χ1) is 13.5.